The van der Waals surface area contributed by atoms with Gasteiger partial charge in [0.1, 0.15) is 22.6 Å². The van der Waals surface area contributed by atoms with Crippen LogP contribution < -0.4 is 20.7 Å². The van der Waals surface area contributed by atoms with Crippen LogP contribution in [0.3, 0.4) is 0 Å². The molecule has 2 aliphatic rings. The normalized spacial score (nSPS) is 17.4. The predicted octanol–water partition coefficient (Wildman–Crippen LogP) is 6.72. The highest BCUT2D eigenvalue weighted by atomic mass is 32.2. The van der Waals surface area contributed by atoms with E-state index in [1.165, 1.54) is 25.3 Å². The fourth-order valence-corrected chi connectivity index (χ4v) is 4.22. The average molecular weight is 527 g/mol. The summed E-state index contributed by atoms with van der Waals surface area (Å²) in [4.78, 5) is 9.66. The molecule has 1 unspecified atom stereocenters. The minimum atomic E-state index is -1.28. The van der Waals surface area contributed by atoms with Crippen LogP contribution in [0.1, 0.15) is 53.4 Å². The van der Waals surface area contributed by atoms with Gasteiger partial charge in [0.15, 0.2) is 0 Å². The second-order valence-electron chi connectivity index (χ2n) is 9.87. The molecule has 200 valence electrons. The Hall–Kier alpha value is -3.04. The quantitative estimate of drug-likeness (QED) is 0.296. The molecule has 1 atom stereocenters. The maximum atomic E-state index is 14.3. The van der Waals surface area contributed by atoms with Crippen molar-refractivity contribution >= 4 is 34.1 Å². The van der Waals surface area contributed by atoms with E-state index < -0.39 is 11.0 Å². The molecular formula is C28H39FN6OS. The zero-order valence-electron chi connectivity index (χ0n) is 22.5. The van der Waals surface area contributed by atoms with Gasteiger partial charge in [0.2, 0.25) is 5.95 Å². The zero-order chi connectivity index (χ0) is 26.8. The molecule has 2 aromatic carbocycles. The van der Waals surface area contributed by atoms with Crippen molar-refractivity contribution in [2.75, 3.05) is 36.1 Å². The number of hydrogen-bond donors (Lipinski definition) is 4. The number of nitrogens with zero attached hydrogens (tertiary/aromatic N) is 2. The minimum absolute atomic E-state index is 0.340. The summed E-state index contributed by atoms with van der Waals surface area (Å²) < 4.78 is 29.6. The van der Waals surface area contributed by atoms with E-state index in [9.17, 15) is 8.60 Å². The predicted molar refractivity (Wildman–Crippen MR) is 153 cm³/mol. The second kappa shape index (κ2) is 13.5. The largest absolute Gasteiger partial charge is 0.386 e. The first-order valence-corrected chi connectivity index (χ1v) is 14.0. The van der Waals surface area contributed by atoms with Crippen molar-refractivity contribution in [3.63, 3.8) is 0 Å². The molecule has 0 spiro atoms. The van der Waals surface area contributed by atoms with E-state index >= 15 is 0 Å². The molecule has 9 heteroatoms. The second-order valence-corrected chi connectivity index (χ2v) is 11.2. The van der Waals surface area contributed by atoms with Gasteiger partial charge in [-0.3, -0.25) is 0 Å². The van der Waals surface area contributed by atoms with Gasteiger partial charge in [0.25, 0.3) is 0 Å². The molecule has 1 aliphatic carbocycles. The Morgan fingerprint density at radius 3 is 2.49 bits per heavy atom. The molecular weight excluding hydrogens is 487 g/mol. The number of rotatable bonds is 2. The molecule has 2 heterocycles. The van der Waals surface area contributed by atoms with Crippen LogP contribution in [0.4, 0.5) is 27.5 Å². The monoisotopic (exact) mass is 526 g/mol. The van der Waals surface area contributed by atoms with Gasteiger partial charge in [-0.05, 0) is 60.6 Å². The van der Waals surface area contributed by atoms with Gasteiger partial charge in [-0.25, -0.2) is 18.3 Å². The number of hydrogen-bond acceptors (Lipinski definition) is 6. The number of anilines is 4. The first-order valence-electron chi connectivity index (χ1n) is 12.9. The van der Waals surface area contributed by atoms with Gasteiger partial charge in [0, 0.05) is 37.6 Å². The Labute approximate surface area is 222 Å². The minimum Gasteiger partial charge on any atom is -0.386 e. The highest BCUT2D eigenvalue weighted by Gasteiger charge is 2.30. The van der Waals surface area contributed by atoms with Gasteiger partial charge in [0.05, 0.1) is 10.6 Å². The third kappa shape index (κ3) is 8.79. The number of fused-ring (bicyclic) bond motifs is 4. The van der Waals surface area contributed by atoms with Crippen LogP contribution >= 0.6 is 0 Å². The maximum Gasteiger partial charge on any atom is 0.229 e. The molecule has 1 aliphatic heterocycles. The van der Waals surface area contributed by atoms with E-state index in [4.69, 9.17) is 0 Å². The summed E-state index contributed by atoms with van der Waals surface area (Å²) in [5, 5.41) is 9.25. The summed E-state index contributed by atoms with van der Waals surface area (Å²) in [6.07, 6.45) is 6.57. The first-order chi connectivity index (χ1) is 17.8. The van der Waals surface area contributed by atoms with E-state index in [0.717, 1.165) is 17.5 Å². The molecule has 5 rings (SSSR count). The molecule has 1 fully saturated rings. The number of benzene rings is 2. The van der Waals surface area contributed by atoms with Crippen LogP contribution in [0, 0.1) is 11.2 Å². The topological polar surface area (TPSA) is 91.0 Å². The zero-order valence-corrected chi connectivity index (χ0v) is 23.3. The van der Waals surface area contributed by atoms with Crippen LogP contribution in [0.15, 0.2) is 53.6 Å². The average Bonchev–Trinajstić information content (AvgIpc) is 3.58. The van der Waals surface area contributed by atoms with E-state index in [0.29, 0.717) is 46.6 Å². The number of halogens is 1. The van der Waals surface area contributed by atoms with Crippen LogP contribution in [-0.2, 0) is 11.0 Å². The van der Waals surface area contributed by atoms with Crippen LogP contribution in [0.25, 0.3) is 11.1 Å². The first kappa shape index (κ1) is 28.5. The Morgan fingerprint density at radius 2 is 1.84 bits per heavy atom. The van der Waals surface area contributed by atoms with Gasteiger partial charge in [-0.15, -0.1) is 0 Å². The summed E-state index contributed by atoms with van der Waals surface area (Å²) in [7, 11) is 0.393. The Balaban J connectivity index is 0.000000411. The lowest BCUT2D eigenvalue weighted by molar-refractivity contribution is 0.632. The molecule has 4 bridgehead atoms. The maximum absolute atomic E-state index is 14.3. The Kier molecular flexibility index (Phi) is 10.4. The number of nitrogens with one attached hydrogen (secondary N) is 4. The molecule has 7 nitrogen and oxygen atoms in total. The highest BCUT2D eigenvalue weighted by molar-refractivity contribution is 7.83. The van der Waals surface area contributed by atoms with Crippen molar-refractivity contribution in [2.45, 2.75) is 58.3 Å². The molecule has 0 saturated heterocycles. The fourth-order valence-electron chi connectivity index (χ4n) is 3.29. The van der Waals surface area contributed by atoms with Crippen molar-refractivity contribution in [1.29, 1.82) is 0 Å². The highest BCUT2D eigenvalue weighted by Crippen LogP contribution is 2.43. The standard InChI is InChI=1S/C20H21FN6OS.C5H10.C3H8/c1-22-18-7-6-13(10-17(18)21)16-12-24-20-26-14-4-2-5-15(11-14)29(28)25-9-3-8-23-19(16)27-20;1-5(2)3-4-5;1-3-2/h2,4-7,10-12,22,25H,3,8-9H2,1H3,(H2,23,24,26,27);3-4H2,1-2H3;3H2,1-2H3. The lowest BCUT2D eigenvalue weighted by atomic mass is 10.1. The smallest absolute Gasteiger partial charge is 0.229 e. The van der Waals surface area contributed by atoms with Crippen molar-refractivity contribution in [3.8, 4) is 11.1 Å². The summed E-state index contributed by atoms with van der Waals surface area (Å²) in [5.74, 6) is 0.668. The van der Waals surface area contributed by atoms with E-state index in [2.05, 4.69) is 58.3 Å². The lowest BCUT2D eigenvalue weighted by Gasteiger charge is -2.14. The molecule has 1 aromatic heterocycles. The lowest BCUT2D eigenvalue weighted by Crippen LogP contribution is -2.20. The van der Waals surface area contributed by atoms with Gasteiger partial charge < -0.3 is 16.0 Å². The molecule has 3 aromatic rings. The summed E-state index contributed by atoms with van der Waals surface area (Å²) in [5.41, 5.74) is 3.30. The van der Waals surface area contributed by atoms with Gasteiger partial charge in [-0.2, -0.15) is 4.98 Å². The van der Waals surface area contributed by atoms with E-state index in [1.807, 2.05) is 24.3 Å². The van der Waals surface area contributed by atoms with Gasteiger partial charge in [-0.1, -0.05) is 46.2 Å². The molecule has 0 radical (unpaired) electrons. The van der Waals surface area contributed by atoms with Crippen molar-refractivity contribution in [1.82, 2.24) is 14.7 Å². The van der Waals surface area contributed by atoms with E-state index in [-0.39, 0.29) is 5.82 Å². The number of aromatic nitrogens is 2. The van der Waals surface area contributed by atoms with Crippen molar-refractivity contribution in [2.24, 2.45) is 5.41 Å². The third-order valence-corrected chi connectivity index (χ3v) is 6.92. The van der Waals surface area contributed by atoms with Crippen LogP contribution in [-0.4, -0.2) is 34.3 Å². The van der Waals surface area contributed by atoms with Crippen LogP contribution in [0.2, 0.25) is 0 Å². The molecule has 1 saturated carbocycles. The van der Waals surface area contributed by atoms with Crippen LogP contribution in [0.5, 0.6) is 0 Å². The summed E-state index contributed by atoms with van der Waals surface area (Å²) in [6.45, 7) is 10.0. The van der Waals surface area contributed by atoms with Crippen molar-refractivity contribution < 1.29 is 8.60 Å². The molecule has 4 N–H and O–H groups in total. The summed E-state index contributed by atoms with van der Waals surface area (Å²) in [6, 6.07) is 12.3. The Morgan fingerprint density at radius 1 is 1.11 bits per heavy atom. The van der Waals surface area contributed by atoms with Gasteiger partial charge >= 0.3 is 0 Å². The van der Waals surface area contributed by atoms with E-state index in [1.54, 1.807) is 25.4 Å². The van der Waals surface area contributed by atoms with Crippen molar-refractivity contribution in [3.05, 3.63) is 54.5 Å². The SMILES string of the molecule is CC1(C)CC1.CCC.CNc1ccc(-c2cnc3nc2NCCCNS(=O)c2cccc(c2)N3)cc1F. The molecule has 0 amide bonds. The Bertz CT molecular complexity index is 1200. The third-order valence-electron chi connectivity index (χ3n) is 5.77. The summed E-state index contributed by atoms with van der Waals surface area (Å²) >= 11 is 0. The fraction of sp³-hybridized carbons (Fsp3) is 0.429. The molecule has 37 heavy (non-hydrogen) atoms.